The summed E-state index contributed by atoms with van der Waals surface area (Å²) in [5, 5.41) is 13.0. The minimum atomic E-state index is -5.06. The second-order valence-corrected chi connectivity index (χ2v) is 5.35. The van der Waals surface area contributed by atoms with E-state index >= 15 is 0 Å². The number of anilines is 1. The molecule has 0 spiro atoms. The molecule has 28 heavy (non-hydrogen) atoms. The largest absolute Gasteiger partial charge is 0.484 e. The van der Waals surface area contributed by atoms with Crippen LogP contribution in [0.15, 0.2) is 42.5 Å². The normalized spacial score (nSPS) is 11.8. The lowest BCUT2D eigenvalue weighted by atomic mass is 10.1. The fraction of sp³-hybridized carbons (Fsp3) is 0.188. The van der Waals surface area contributed by atoms with Crippen molar-refractivity contribution in [3.63, 3.8) is 0 Å². The maximum Gasteiger partial charge on any atom is 0.416 e. The Morgan fingerprint density at radius 2 is 1.54 bits per heavy atom. The van der Waals surface area contributed by atoms with Gasteiger partial charge >= 0.3 is 12.4 Å². The van der Waals surface area contributed by atoms with E-state index in [4.69, 9.17) is 4.74 Å². The van der Waals surface area contributed by atoms with E-state index in [1.165, 1.54) is 18.2 Å². The Bertz CT molecular complexity index is 863. The minimum Gasteiger partial charge on any atom is -0.484 e. The van der Waals surface area contributed by atoms with Crippen molar-refractivity contribution >= 4 is 17.3 Å². The fourth-order valence-corrected chi connectivity index (χ4v) is 2.08. The van der Waals surface area contributed by atoms with E-state index in [-0.39, 0.29) is 11.8 Å². The van der Waals surface area contributed by atoms with Gasteiger partial charge < -0.3 is 10.1 Å². The van der Waals surface area contributed by atoms with Crippen LogP contribution < -0.4 is 10.1 Å². The van der Waals surface area contributed by atoms with Crippen LogP contribution in [0.2, 0.25) is 0 Å². The molecule has 12 heteroatoms. The summed E-state index contributed by atoms with van der Waals surface area (Å²) in [6.45, 7) is -0.968. The number of nitro benzene ring substituents is 1. The molecule has 0 aliphatic rings. The molecule has 6 nitrogen and oxygen atoms in total. The highest BCUT2D eigenvalue weighted by Gasteiger charge is 2.37. The summed E-state index contributed by atoms with van der Waals surface area (Å²) in [6.07, 6.45) is -10.1. The van der Waals surface area contributed by atoms with Gasteiger partial charge in [0, 0.05) is 6.07 Å². The van der Waals surface area contributed by atoms with Crippen molar-refractivity contribution in [3.8, 4) is 5.75 Å². The summed E-state index contributed by atoms with van der Waals surface area (Å²) in [5.41, 5.74) is -3.86. The van der Waals surface area contributed by atoms with Crippen LogP contribution in [0, 0.1) is 10.1 Å². The number of carbonyl (C=O) groups is 1. The van der Waals surface area contributed by atoms with E-state index in [0.29, 0.717) is 12.1 Å². The number of carbonyl (C=O) groups excluding carboxylic acids is 1. The maximum absolute atomic E-state index is 12.8. The van der Waals surface area contributed by atoms with Crippen molar-refractivity contribution in [2.45, 2.75) is 12.4 Å². The van der Waals surface area contributed by atoms with Gasteiger partial charge in [0.15, 0.2) is 6.61 Å². The summed E-state index contributed by atoms with van der Waals surface area (Å²) in [4.78, 5) is 21.9. The number of nitro groups is 1. The molecule has 0 aliphatic carbocycles. The molecule has 0 aliphatic heterocycles. The summed E-state index contributed by atoms with van der Waals surface area (Å²) in [5.74, 6) is -1.85. The number of hydrogen-bond acceptors (Lipinski definition) is 4. The highest BCUT2D eigenvalue weighted by Crippen LogP contribution is 2.38. The van der Waals surface area contributed by atoms with E-state index in [2.05, 4.69) is 5.32 Å². The highest BCUT2D eigenvalue weighted by atomic mass is 19.4. The van der Waals surface area contributed by atoms with Gasteiger partial charge in [-0.25, -0.2) is 0 Å². The van der Waals surface area contributed by atoms with Crippen LogP contribution >= 0.6 is 0 Å². The lowest BCUT2D eigenvalue weighted by molar-refractivity contribution is -0.383. The zero-order chi connectivity index (χ0) is 21.1. The monoisotopic (exact) mass is 408 g/mol. The zero-order valence-corrected chi connectivity index (χ0v) is 13.6. The Morgan fingerprint density at radius 3 is 2.04 bits per heavy atom. The van der Waals surface area contributed by atoms with E-state index < -0.39 is 52.4 Å². The molecule has 2 rings (SSSR count). The summed E-state index contributed by atoms with van der Waals surface area (Å²) >= 11 is 0. The van der Waals surface area contributed by atoms with Crippen LogP contribution in [-0.2, 0) is 17.1 Å². The number of hydrogen-bond donors (Lipinski definition) is 1. The number of benzene rings is 2. The number of ether oxygens (including phenoxy) is 1. The van der Waals surface area contributed by atoms with E-state index in [1.807, 2.05) is 0 Å². The molecule has 0 unspecified atom stereocenters. The van der Waals surface area contributed by atoms with Gasteiger partial charge in [-0.3, -0.25) is 14.9 Å². The van der Waals surface area contributed by atoms with Crippen LogP contribution in [0.25, 0.3) is 0 Å². The molecule has 0 saturated carbocycles. The van der Waals surface area contributed by atoms with Crippen LogP contribution in [0.1, 0.15) is 11.1 Å². The number of halogens is 6. The average Bonchev–Trinajstić information content (AvgIpc) is 2.58. The quantitative estimate of drug-likeness (QED) is 0.444. The van der Waals surface area contributed by atoms with Crippen LogP contribution in [-0.4, -0.2) is 17.4 Å². The molecule has 0 saturated heterocycles. The fourth-order valence-electron chi connectivity index (χ4n) is 2.08. The van der Waals surface area contributed by atoms with Gasteiger partial charge in [-0.2, -0.15) is 26.3 Å². The number of amides is 1. The number of para-hydroxylation sites is 2. The number of nitrogens with one attached hydrogen (secondary N) is 1. The first kappa shape index (κ1) is 21.0. The predicted octanol–water partition coefficient (Wildman–Crippen LogP) is 4.65. The van der Waals surface area contributed by atoms with Gasteiger partial charge in [0.25, 0.3) is 11.6 Å². The Labute approximate surface area is 152 Å². The number of nitrogens with zero attached hydrogens (tertiary/aromatic N) is 1. The van der Waals surface area contributed by atoms with Crippen molar-refractivity contribution in [1.82, 2.24) is 0 Å². The highest BCUT2D eigenvalue weighted by molar-refractivity contribution is 5.94. The third kappa shape index (κ3) is 5.34. The third-order valence-corrected chi connectivity index (χ3v) is 3.31. The molecule has 1 N–H and O–H groups in total. The van der Waals surface area contributed by atoms with Crippen molar-refractivity contribution in [2.75, 3.05) is 11.9 Å². The smallest absolute Gasteiger partial charge is 0.416 e. The molecule has 2 aromatic carbocycles. The molecule has 0 bridgehead atoms. The second-order valence-electron chi connectivity index (χ2n) is 5.35. The lowest BCUT2D eigenvalue weighted by Crippen LogP contribution is -2.21. The summed E-state index contributed by atoms with van der Waals surface area (Å²) < 4.78 is 81.4. The summed E-state index contributed by atoms with van der Waals surface area (Å²) in [7, 11) is 0. The van der Waals surface area contributed by atoms with Crippen molar-refractivity contribution in [3.05, 3.63) is 63.7 Å². The average molecular weight is 408 g/mol. The first-order valence-corrected chi connectivity index (χ1v) is 7.33. The van der Waals surface area contributed by atoms with Gasteiger partial charge in [0.05, 0.1) is 16.1 Å². The topological polar surface area (TPSA) is 81.5 Å². The molecule has 2 aromatic rings. The Kier molecular flexibility index (Phi) is 5.81. The van der Waals surface area contributed by atoms with Gasteiger partial charge in [-0.15, -0.1) is 0 Å². The van der Waals surface area contributed by atoms with Gasteiger partial charge in [0.2, 0.25) is 0 Å². The molecule has 0 heterocycles. The summed E-state index contributed by atoms with van der Waals surface area (Å²) in [6, 6.07) is 5.56. The predicted molar refractivity (Wildman–Crippen MR) is 83.7 cm³/mol. The van der Waals surface area contributed by atoms with E-state index in [9.17, 15) is 41.3 Å². The van der Waals surface area contributed by atoms with Crippen molar-refractivity contribution in [2.24, 2.45) is 0 Å². The standard InChI is InChI=1S/C16H10F6N2O4/c17-15(18,19)9-5-10(16(20,21)22)7-11(6-9)28-8-14(25)23-12-3-1-2-4-13(12)24(26)27/h1-7H,8H2,(H,23,25). The SMILES string of the molecule is O=C(COc1cc(C(F)(F)F)cc(C(F)(F)F)c1)Nc1ccccc1[N+](=O)[O-]. The van der Waals surface area contributed by atoms with Gasteiger partial charge in [-0.1, -0.05) is 12.1 Å². The zero-order valence-electron chi connectivity index (χ0n) is 13.6. The van der Waals surface area contributed by atoms with Gasteiger partial charge in [-0.05, 0) is 24.3 Å². The molecule has 0 radical (unpaired) electrons. The first-order chi connectivity index (χ1) is 12.9. The van der Waals surface area contributed by atoms with E-state index in [1.54, 1.807) is 0 Å². The second kappa shape index (κ2) is 7.74. The Balaban J connectivity index is 2.18. The number of alkyl halides is 6. The molecule has 150 valence electrons. The minimum absolute atomic E-state index is 0.0831. The maximum atomic E-state index is 12.8. The molecular weight excluding hydrogens is 398 g/mol. The van der Waals surface area contributed by atoms with Crippen molar-refractivity contribution in [1.29, 1.82) is 0 Å². The molecule has 0 atom stereocenters. The Hall–Kier alpha value is -3.31. The third-order valence-electron chi connectivity index (χ3n) is 3.31. The molecule has 0 fully saturated rings. The first-order valence-electron chi connectivity index (χ1n) is 7.33. The van der Waals surface area contributed by atoms with Crippen LogP contribution in [0.5, 0.6) is 5.75 Å². The molecule has 0 aromatic heterocycles. The van der Waals surface area contributed by atoms with Gasteiger partial charge in [0.1, 0.15) is 11.4 Å². The van der Waals surface area contributed by atoms with Crippen LogP contribution in [0.3, 0.4) is 0 Å². The van der Waals surface area contributed by atoms with Crippen molar-refractivity contribution < 1.29 is 40.8 Å². The van der Waals surface area contributed by atoms with Crippen LogP contribution in [0.4, 0.5) is 37.7 Å². The Morgan fingerprint density at radius 1 is 1.00 bits per heavy atom. The molecule has 1 amide bonds. The van der Waals surface area contributed by atoms with E-state index in [0.717, 1.165) is 6.07 Å². The molecular formula is C16H10F6N2O4. The number of rotatable bonds is 5. The lowest BCUT2D eigenvalue weighted by Gasteiger charge is -2.14.